The predicted molar refractivity (Wildman–Crippen MR) is 77.5 cm³/mol. The Morgan fingerprint density at radius 3 is 2.74 bits per heavy atom. The van der Waals surface area contributed by atoms with Crippen molar-refractivity contribution in [3.63, 3.8) is 0 Å². The third-order valence-corrected chi connectivity index (χ3v) is 4.60. The summed E-state index contributed by atoms with van der Waals surface area (Å²) in [5.74, 6) is 2.48. The van der Waals surface area contributed by atoms with Crippen LogP contribution in [0.5, 0.6) is 5.75 Å². The lowest BCUT2D eigenvalue weighted by Crippen LogP contribution is -2.39. The molecule has 2 N–H and O–H groups in total. The van der Waals surface area contributed by atoms with E-state index in [0.717, 1.165) is 31.2 Å². The maximum absolute atomic E-state index is 5.76. The van der Waals surface area contributed by atoms with Crippen molar-refractivity contribution in [3.8, 4) is 5.75 Å². The van der Waals surface area contributed by atoms with Gasteiger partial charge in [0.15, 0.2) is 0 Å². The highest BCUT2D eigenvalue weighted by Gasteiger charge is 2.25. The number of likely N-dealkylation sites (tertiary alicyclic amines) is 1. The fraction of sp³-hybridized carbons (Fsp3) is 0.625. The molecule has 1 atom stereocenters. The molecule has 1 fully saturated rings. The second-order valence-electron chi connectivity index (χ2n) is 5.85. The molecular formula is C16H24N2O. The second kappa shape index (κ2) is 5.93. The summed E-state index contributed by atoms with van der Waals surface area (Å²) in [6.45, 7) is 5.31. The minimum atomic E-state index is 0.638. The lowest BCUT2D eigenvalue weighted by molar-refractivity contribution is 0.162. The van der Waals surface area contributed by atoms with Crippen molar-refractivity contribution < 1.29 is 4.74 Å². The number of hydrogen-bond acceptors (Lipinski definition) is 3. The van der Waals surface area contributed by atoms with Crippen LogP contribution in [-0.2, 0) is 0 Å². The van der Waals surface area contributed by atoms with Crippen molar-refractivity contribution in [3.05, 3.63) is 29.8 Å². The second-order valence-corrected chi connectivity index (χ2v) is 5.85. The van der Waals surface area contributed by atoms with Crippen LogP contribution >= 0.6 is 0 Å². The predicted octanol–water partition coefficient (Wildman–Crippen LogP) is 2.22. The fourth-order valence-corrected chi connectivity index (χ4v) is 3.32. The third-order valence-electron chi connectivity index (χ3n) is 4.60. The van der Waals surface area contributed by atoms with E-state index >= 15 is 0 Å². The lowest BCUT2D eigenvalue weighted by atomic mass is 9.90. The van der Waals surface area contributed by atoms with Gasteiger partial charge in [-0.3, -0.25) is 0 Å². The number of para-hydroxylation sites is 1. The molecule has 0 saturated carbocycles. The Bertz CT molecular complexity index is 413. The quantitative estimate of drug-likeness (QED) is 0.905. The van der Waals surface area contributed by atoms with Crippen LogP contribution < -0.4 is 10.5 Å². The van der Waals surface area contributed by atoms with Crippen LogP contribution in [0.3, 0.4) is 0 Å². The Balaban J connectivity index is 1.62. The van der Waals surface area contributed by atoms with Gasteiger partial charge in [-0.05, 0) is 56.4 Å². The molecule has 1 aromatic rings. The lowest BCUT2D eigenvalue weighted by Gasteiger charge is -2.35. The van der Waals surface area contributed by atoms with Gasteiger partial charge in [-0.25, -0.2) is 0 Å². The van der Waals surface area contributed by atoms with E-state index in [1.165, 1.54) is 38.0 Å². The average Bonchev–Trinajstić information content (AvgIpc) is 2.48. The molecule has 1 saturated heterocycles. The zero-order valence-electron chi connectivity index (χ0n) is 11.6. The Hall–Kier alpha value is -1.06. The molecule has 2 heterocycles. The van der Waals surface area contributed by atoms with E-state index in [1.807, 2.05) is 0 Å². The van der Waals surface area contributed by atoms with Gasteiger partial charge < -0.3 is 15.4 Å². The Kier molecular flexibility index (Phi) is 4.04. The number of benzene rings is 1. The highest BCUT2D eigenvalue weighted by molar-refractivity contribution is 5.37. The maximum atomic E-state index is 5.76. The first-order valence-corrected chi connectivity index (χ1v) is 7.51. The number of nitrogens with zero attached hydrogens (tertiary/aromatic N) is 1. The molecule has 19 heavy (non-hydrogen) atoms. The smallest absolute Gasteiger partial charge is 0.122 e. The molecule has 3 heteroatoms. The number of hydrogen-bond donors (Lipinski definition) is 1. The Morgan fingerprint density at radius 2 is 1.95 bits per heavy atom. The molecule has 1 unspecified atom stereocenters. The first-order chi connectivity index (χ1) is 9.36. The highest BCUT2D eigenvalue weighted by Crippen LogP contribution is 2.34. The topological polar surface area (TPSA) is 38.5 Å². The largest absolute Gasteiger partial charge is 0.493 e. The van der Waals surface area contributed by atoms with Crippen molar-refractivity contribution in [1.29, 1.82) is 0 Å². The summed E-state index contributed by atoms with van der Waals surface area (Å²) < 4.78 is 5.74. The van der Waals surface area contributed by atoms with Crippen molar-refractivity contribution in [2.24, 2.45) is 11.7 Å². The summed E-state index contributed by atoms with van der Waals surface area (Å²) in [6, 6.07) is 8.52. The third kappa shape index (κ3) is 2.93. The van der Waals surface area contributed by atoms with Crippen LogP contribution in [-0.4, -0.2) is 37.7 Å². The highest BCUT2D eigenvalue weighted by atomic mass is 16.5. The molecule has 2 aliphatic rings. The fourth-order valence-electron chi connectivity index (χ4n) is 3.32. The van der Waals surface area contributed by atoms with Crippen LogP contribution in [0.2, 0.25) is 0 Å². The molecule has 3 rings (SSSR count). The van der Waals surface area contributed by atoms with Gasteiger partial charge in [0, 0.05) is 12.5 Å². The van der Waals surface area contributed by atoms with Crippen molar-refractivity contribution in [2.75, 3.05) is 32.8 Å². The summed E-state index contributed by atoms with van der Waals surface area (Å²) in [4.78, 5) is 2.61. The Labute approximate surface area is 115 Å². The van der Waals surface area contributed by atoms with E-state index < -0.39 is 0 Å². The van der Waals surface area contributed by atoms with Gasteiger partial charge in [-0.1, -0.05) is 18.2 Å². The summed E-state index contributed by atoms with van der Waals surface area (Å²) >= 11 is 0. The summed E-state index contributed by atoms with van der Waals surface area (Å²) in [5.41, 5.74) is 7.16. The number of piperidine rings is 1. The molecule has 0 radical (unpaired) electrons. The van der Waals surface area contributed by atoms with Gasteiger partial charge in [-0.2, -0.15) is 0 Å². The molecule has 0 aliphatic carbocycles. The van der Waals surface area contributed by atoms with E-state index in [9.17, 15) is 0 Å². The van der Waals surface area contributed by atoms with Crippen LogP contribution in [0, 0.1) is 5.92 Å². The zero-order valence-corrected chi connectivity index (χ0v) is 11.6. The molecule has 1 aromatic carbocycles. The molecule has 0 aromatic heterocycles. The van der Waals surface area contributed by atoms with Crippen LogP contribution in [0.15, 0.2) is 24.3 Å². The van der Waals surface area contributed by atoms with Crippen molar-refractivity contribution in [1.82, 2.24) is 4.90 Å². The average molecular weight is 260 g/mol. The normalized spacial score (nSPS) is 24.8. The maximum Gasteiger partial charge on any atom is 0.122 e. The van der Waals surface area contributed by atoms with Gasteiger partial charge in [0.05, 0.1) is 6.61 Å². The van der Waals surface area contributed by atoms with Gasteiger partial charge >= 0.3 is 0 Å². The standard InChI is InChI=1S/C16H24N2O/c17-11-13-5-8-18(9-6-13)12-14-7-10-19-16-4-2-1-3-15(14)16/h1-4,13-14H,5-12,17H2. The number of ether oxygens (including phenoxy) is 1. The number of nitrogens with two attached hydrogens (primary N) is 1. The number of fused-ring (bicyclic) bond motifs is 1. The number of rotatable bonds is 3. The van der Waals surface area contributed by atoms with E-state index in [0.29, 0.717) is 5.92 Å². The van der Waals surface area contributed by atoms with Crippen molar-refractivity contribution >= 4 is 0 Å². The molecule has 3 nitrogen and oxygen atoms in total. The molecule has 104 valence electrons. The van der Waals surface area contributed by atoms with E-state index in [1.54, 1.807) is 0 Å². The molecule has 0 amide bonds. The SMILES string of the molecule is NCC1CCN(CC2CCOc3ccccc32)CC1. The van der Waals surface area contributed by atoms with E-state index in [-0.39, 0.29) is 0 Å². The monoisotopic (exact) mass is 260 g/mol. The summed E-state index contributed by atoms with van der Waals surface area (Å²) in [5, 5.41) is 0. The van der Waals surface area contributed by atoms with Crippen LogP contribution in [0.1, 0.15) is 30.7 Å². The van der Waals surface area contributed by atoms with Gasteiger partial charge in [-0.15, -0.1) is 0 Å². The van der Waals surface area contributed by atoms with Crippen LogP contribution in [0.25, 0.3) is 0 Å². The molecule has 2 aliphatic heterocycles. The van der Waals surface area contributed by atoms with E-state index in [2.05, 4.69) is 29.2 Å². The first-order valence-electron chi connectivity index (χ1n) is 7.51. The minimum Gasteiger partial charge on any atom is -0.493 e. The van der Waals surface area contributed by atoms with Gasteiger partial charge in [0.1, 0.15) is 5.75 Å². The molecule has 0 bridgehead atoms. The van der Waals surface area contributed by atoms with Gasteiger partial charge in [0.2, 0.25) is 0 Å². The Morgan fingerprint density at radius 1 is 1.16 bits per heavy atom. The molecule has 0 spiro atoms. The summed E-state index contributed by atoms with van der Waals surface area (Å²) in [6.07, 6.45) is 3.68. The van der Waals surface area contributed by atoms with E-state index in [4.69, 9.17) is 10.5 Å². The first kappa shape index (κ1) is 12.9. The summed E-state index contributed by atoms with van der Waals surface area (Å²) in [7, 11) is 0. The van der Waals surface area contributed by atoms with Crippen LogP contribution in [0.4, 0.5) is 0 Å². The minimum absolute atomic E-state index is 0.638. The zero-order chi connectivity index (χ0) is 13.1. The van der Waals surface area contributed by atoms with Gasteiger partial charge in [0.25, 0.3) is 0 Å². The van der Waals surface area contributed by atoms with Crippen molar-refractivity contribution in [2.45, 2.75) is 25.2 Å². The molecular weight excluding hydrogens is 236 g/mol.